The van der Waals surface area contributed by atoms with E-state index in [-0.39, 0.29) is 12.3 Å². The molecule has 4 heteroatoms. The topological polar surface area (TPSA) is 65.2 Å². The van der Waals surface area contributed by atoms with Gasteiger partial charge in [-0.1, -0.05) is 6.07 Å². The maximum atomic E-state index is 10.9. The van der Waals surface area contributed by atoms with Crippen molar-refractivity contribution in [3.05, 3.63) is 35.5 Å². The lowest BCUT2D eigenvalue weighted by Gasteiger charge is -2.07. The van der Waals surface area contributed by atoms with Crippen molar-refractivity contribution in [1.82, 2.24) is 4.98 Å². The summed E-state index contributed by atoms with van der Waals surface area (Å²) < 4.78 is 5.30. The van der Waals surface area contributed by atoms with Crippen molar-refractivity contribution in [2.45, 2.75) is 13.3 Å². The van der Waals surface area contributed by atoms with Crippen LogP contribution in [0.15, 0.2) is 24.3 Å². The number of carbonyl (C=O) groups is 1. The molecule has 0 aliphatic heterocycles. The van der Waals surface area contributed by atoms with Gasteiger partial charge in [-0.15, -0.1) is 0 Å². The van der Waals surface area contributed by atoms with E-state index in [9.17, 15) is 4.79 Å². The van der Waals surface area contributed by atoms with E-state index in [1.807, 2.05) is 31.2 Å². The quantitative estimate of drug-likeness (QED) is 0.870. The average molecular weight is 230 g/mol. The number of fused-ring (bicyclic) bond motifs is 1. The van der Waals surface area contributed by atoms with Gasteiger partial charge in [0.15, 0.2) is 0 Å². The molecule has 1 heterocycles. The summed E-state index contributed by atoms with van der Waals surface area (Å²) in [6, 6.07) is 7.53. The van der Waals surface area contributed by atoms with Gasteiger partial charge in [-0.05, 0) is 24.6 Å². The summed E-state index contributed by atoms with van der Waals surface area (Å²) in [7, 11) is 1.63. The number of nitrogens with zero attached hydrogens (tertiary/aromatic N) is 1. The molecule has 2 N–H and O–H groups in total. The predicted octanol–water partition coefficient (Wildman–Crippen LogP) is 1.58. The molecule has 17 heavy (non-hydrogen) atoms. The molecule has 1 aromatic heterocycles. The normalized spacial score (nSPS) is 10.5. The van der Waals surface area contributed by atoms with Crippen molar-refractivity contribution < 1.29 is 9.53 Å². The molecule has 0 unspecified atom stereocenters. The minimum Gasteiger partial charge on any atom is -0.496 e. The standard InChI is InChI=1S/C13H14N2O2/c1-8-5-12(17-2)10-4-3-9(7-13(14)16)6-11(10)15-8/h3-6H,7H2,1-2H3,(H2,14,16). The number of hydrogen-bond acceptors (Lipinski definition) is 3. The second kappa shape index (κ2) is 4.41. The Labute approximate surface area is 99.4 Å². The van der Waals surface area contributed by atoms with Crippen LogP contribution in [0, 0.1) is 6.92 Å². The number of aromatic nitrogens is 1. The number of aryl methyl sites for hydroxylation is 1. The predicted molar refractivity (Wildman–Crippen MR) is 65.9 cm³/mol. The lowest BCUT2D eigenvalue weighted by molar-refractivity contribution is -0.117. The summed E-state index contributed by atoms with van der Waals surface area (Å²) in [6.45, 7) is 1.91. The van der Waals surface area contributed by atoms with Crippen molar-refractivity contribution in [1.29, 1.82) is 0 Å². The zero-order valence-corrected chi connectivity index (χ0v) is 9.86. The van der Waals surface area contributed by atoms with Crippen molar-refractivity contribution in [2.75, 3.05) is 7.11 Å². The molecular formula is C13H14N2O2. The van der Waals surface area contributed by atoms with Crippen LogP contribution in [0.3, 0.4) is 0 Å². The summed E-state index contributed by atoms with van der Waals surface area (Å²) in [5.74, 6) is 0.446. The Morgan fingerprint density at radius 1 is 1.41 bits per heavy atom. The summed E-state index contributed by atoms with van der Waals surface area (Å²) >= 11 is 0. The summed E-state index contributed by atoms with van der Waals surface area (Å²) in [5.41, 5.74) is 7.74. The monoisotopic (exact) mass is 230 g/mol. The van der Waals surface area contributed by atoms with E-state index in [2.05, 4.69) is 4.98 Å². The fraction of sp³-hybridized carbons (Fsp3) is 0.231. The summed E-state index contributed by atoms with van der Waals surface area (Å²) in [5, 5.41) is 0.936. The van der Waals surface area contributed by atoms with Gasteiger partial charge in [-0.25, -0.2) is 0 Å². The Morgan fingerprint density at radius 3 is 2.82 bits per heavy atom. The molecule has 0 saturated carbocycles. The largest absolute Gasteiger partial charge is 0.496 e. The number of pyridine rings is 1. The van der Waals surface area contributed by atoms with Crippen LogP contribution < -0.4 is 10.5 Å². The lowest BCUT2D eigenvalue weighted by Crippen LogP contribution is -2.13. The van der Waals surface area contributed by atoms with Crippen LogP contribution in [0.25, 0.3) is 10.9 Å². The maximum Gasteiger partial charge on any atom is 0.221 e. The van der Waals surface area contributed by atoms with Crippen LogP contribution in [0.5, 0.6) is 5.75 Å². The fourth-order valence-electron chi connectivity index (χ4n) is 1.85. The molecule has 0 spiro atoms. The minimum atomic E-state index is -0.344. The minimum absolute atomic E-state index is 0.230. The first-order valence-electron chi connectivity index (χ1n) is 5.32. The van der Waals surface area contributed by atoms with Gasteiger partial charge in [0.05, 0.1) is 19.0 Å². The first kappa shape index (κ1) is 11.4. The number of hydrogen-bond donors (Lipinski definition) is 1. The van der Waals surface area contributed by atoms with Crippen LogP contribution in [-0.2, 0) is 11.2 Å². The Kier molecular flexibility index (Phi) is 2.95. The molecule has 0 bridgehead atoms. The van der Waals surface area contributed by atoms with Gasteiger partial charge in [-0.3, -0.25) is 9.78 Å². The van der Waals surface area contributed by atoms with E-state index in [4.69, 9.17) is 10.5 Å². The first-order valence-corrected chi connectivity index (χ1v) is 5.32. The van der Waals surface area contributed by atoms with Crippen molar-refractivity contribution in [3.63, 3.8) is 0 Å². The molecule has 2 aromatic rings. The first-order chi connectivity index (χ1) is 8.10. The number of carbonyl (C=O) groups excluding carboxylic acids is 1. The molecule has 0 radical (unpaired) electrons. The van der Waals surface area contributed by atoms with E-state index in [1.165, 1.54) is 0 Å². The number of methoxy groups -OCH3 is 1. The van der Waals surface area contributed by atoms with Crippen molar-refractivity contribution >= 4 is 16.8 Å². The highest BCUT2D eigenvalue weighted by Crippen LogP contribution is 2.25. The van der Waals surface area contributed by atoms with E-state index in [0.29, 0.717) is 0 Å². The van der Waals surface area contributed by atoms with E-state index < -0.39 is 0 Å². The third-order valence-corrected chi connectivity index (χ3v) is 2.56. The molecule has 0 aliphatic rings. The summed E-state index contributed by atoms with van der Waals surface area (Å²) in [4.78, 5) is 15.3. The highest BCUT2D eigenvalue weighted by Gasteiger charge is 2.06. The molecule has 2 rings (SSSR count). The Hall–Kier alpha value is -2.10. The van der Waals surface area contributed by atoms with Crippen molar-refractivity contribution in [3.8, 4) is 5.75 Å². The number of nitrogens with two attached hydrogens (primary N) is 1. The van der Waals surface area contributed by atoms with Gasteiger partial charge in [0.2, 0.25) is 5.91 Å². The highest BCUT2D eigenvalue weighted by molar-refractivity contribution is 5.87. The van der Waals surface area contributed by atoms with E-state index in [1.54, 1.807) is 7.11 Å². The van der Waals surface area contributed by atoms with Gasteiger partial charge in [0.25, 0.3) is 0 Å². The lowest BCUT2D eigenvalue weighted by atomic mass is 10.1. The highest BCUT2D eigenvalue weighted by atomic mass is 16.5. The van der Waals surface area contributed by atoms with Crippen LogP contribution >= 0.6 is 0 Å². The average Bonchev–Trinajstić information content (AvgIpc) is 2.26. The number of amides is 1. The number of rotatable bonds is 3. The van der Waals surface area contributed by atoms with E-state index in [0.717, 1.165) is 27.9 Å². The smallest absolute Gasteiger partial charge is 0.221 e. The summed E-state index contributed by atoms with van der Waals surface area (Å²) in [6.07, 6.45) is 0.230. The van der Waals surface area contributed by atoms with Gasteiger partial charge in [-0.2, -0.15) is 0 Å². The second-order valence-electron chi connectivity index (χ2n) is 3.96. The van der Waals surface area contributed by atoms with Crippen LogP contribution in [0.2, 0.25) is 0 Å². The zero-order valence-electron chi connectivity index (χ0n) is 9.86. The number of ether oxygens (including phenoxy) is 1. The van der Waals surface area contributed by atoms with Gasteiger partial charge < -0.3 is 10.5 Å². The SMILES string of the molecule is COc1cc(C)nc2cc(CC(N)=O)ccc12. The molecule has 0 saturated heterocycles. The Balaban J connectivity index is 2.57. The van der Waals surface area contributed by atoms with Gasteiger partial charge in [0, 0.05) is 17.1 Å². The third-order valence-electron chi connectivity index (χ3n) is 2.56. The molecule has 0 fully saturated rings. The molecule has 88 valence electrons. The Morgan fingerprint density at radius 2 is 2.18 bits per heavy atom. The second-order valence-corrected chi connectivity index (χ2v) is 3.96. The molecule has 1 amide bonds. The fourth-order valence-corrected chi connectivity index (χ4v) is 1.85. The van der Waals surface area contributed by atoms with Crippen molar-refractivity contribution in [2.24, 2.45) is 5.73 Å². The zero-order chi connectivity index (χ0) is 12.4. The molecular weight excluding hydrogens is 216 g/mol. The van der Waals surface area contributed by atoms with Crippen LogP contribution in [0.1, 0.15) is 11.3 Å². The molecule has 1 aromatic carbocycles. The molecule has 4 nitrogen and oxygen atoms in total. The Bertz CT molecular complexity index is 579. The van der Waals surface area contributed by atoms with E-state index >= 15 is 0 Å². The van der Waals surface area contributed by atoms with Crippen LogP contribution in [0.4, 0.5) is 0 Å². The maximum absolute atomic E-state index is 10.9. The molecule has 0 atom stereocenters. The third kappa shape index (κ3) is 2.36. The number of benzene rings is 1. The van der Waals surface area contributed by atoms with Gasteiger partial charge >= 0.3 is 0 Å². The van der Waals surface area contributed by atoms with Gasteiger partial charge in [0.1, 0.15) is 5.75 Å². The molecule has 0 aliphatic carbocycles. The van der Waals surface area contributed by atoms with Crippen LogP contribution in [-0.4, -0.2) is 18.0 Å². The number of primary amides is 1.